The van der Waals surface area contributed by atoms with Gasteiger partial charge in [0.25, 0.3) is 5.91 Å². The molecule has 1 aliphatic heterocycles. The molecule has 1 amide bonds. The zero-order chi connectivity index (χ0) is 21.0. The molecule has 1 saturated heterocycles. The zero-order valence-corrected chi connectivity index (χ0v) is 17.3. The van der Waals surface area contributed by atoms with Crippen LogP contribution in [0.25, 0.3) is 0 Å². The molecule has 158 valence electrons. The number of anilines is 1. The zero-order valence-electron chi connectivity index (χ0n) is 16.5. The summed E-state index contributed by atoms with van der Waals surface area (Å²) in [5.41, 5.74) is 0.910. The van der Waals surface area contributed by atoms with Crippen molar-refractivity contribution in [2.75, 3.05) is 51.8 Å². The van der Waals surface area contributed by atoms with Crippen molar-refractivity contribution >= 4 is 21.6 Å². The van der Waals surface area contributed by atoms with Crippen molar-refractivity contribution in [1.29, 1.82) is 0 Å². The number of benzene rings is 1. The van der Waals surface area contributed by atoms with Crippen LogP contribution < -0.4 is 15.4 Å². The Kier molecular flexibility index (Phi) is 6.58. The van der Waals surface area contributed by atoms with Crippen LogP contribution in [0.1, 0.15) is 22.2 Å². The predicted octanol–water partition coefficient (Wildman–Crippen LogP) is 0.796. The van der Waals surface area contributed by atoms with Gasteiger partial charge >= 0.3 is 0 Å². The molecule has 1 unspecified atom stereocenters. The number of likely N-dealkylation sites (N-methyl/N-ethyl adjacent to an activating group) is 1. The van der Waals surface area contributed by atoms with Crippen LogP contribution in [0.15, 0.2) is 45.9 Å². The molecule has 1 fully saturated rings. The summed E-state index contributed by atoms with van der Waals surface area (Å²) in [6.45, 7) is 2.60. The summed E-state index contributed by atoms with van der Waals surface area (Å²) in [4.78, 5) is 16.9. The van der Waals surface area contributed by atoms with Crippen molar-refractivity contribution in [3.05, 3.63) is 47.9 Å². The van der Waals surface area contributed by atoms with Crippen LogP contribution in [-0.2, 0) is 14.8 Å². The summed E-state index contributed by atoms with van der Waals surface area (Å²) in [5, 5.41) is 8.16. The number of amides is 1. The van der Waals surface area contributed by atoms with Crippen LogP contribution in [0.4, 0.5) is 5.69 Å². The normalized spacial score (nSPS) is 16.1. The van der Waals surface area contributed by atoms with Crippen molar-refractivity contribution in [3.63, 3.8) is 0 Å². The van der Waals surface area contributed by atoms with Crippen LogP contribution >= 0.6 is 0 Å². The molecule has 1 aliphatic rings. The molecule has 2 aromatic rings. The van der Waals surface area contributed by atoms with Crippen molar-refractivity contribution < 1.29 is 22.4 Å². The highest BCUT2D eigenvalue weighted by Gasteiger charge is 2.23. The van der Waals surface area contributed by atoms with Crippen LogP contribution in [-0.4, -0.2) is 66.2 Å². The number of morpholine rings is 1. The lowest BCUT2D eigenvalue weighted by Gasteiger charge is -2.30. The molecule has 9 nitrogen and oxygen atoms in total. The minimum Gasteiger partial charge on any atom is -0.468 e. The second-order valence-electron chi connectivity index (χ2n) is 7.03. The molecule has 10 heteroatoms. The quantitative estimate of drug-likeness (QED) is 0.677. The Hall–Kier alpha value is -2.40. The molecule has 1 atom stereocenters. The van der Waals surface area contributed by atoms with Crippen molar-refractivity contribution in [3.8, 4) is 0 Å². The van der Waals surface area contributed by atoms with Gasteiger partial charge in [0.05, 0.1) is 36.0 Å². The van der Waals surface area contributed by atoms with Gasteiger partial charge in [-0.2, -0.15) is 0 Å². The molecule has 2 heterocycles. The summed E-state index contributed by atoms with van der Waals surface area (Å²) in [7, 11) is -0.155. The van der Waals surface area contributed by atoms with Crippen molar-refractivity contribution in [2.45, 2.75) is 10.9 Å². The summed E-state index contributed by atoms with van der Waals surface area (Å²) in [5.74, 6) is 0.345. The molecular weight excluding hydrogens is 396 g/mol. The first-order chi connectivity index (χ1) is 13.8. The fraction of sp³-hybridized carbons (Fsp3) is 0.421. The van der Waals surface area contributed by atoms with Crippen LogP contribution in [0.5, 0.6) is 0 Å². The molecular formula is C19H26N4O5S. The molecule has 1 aromatic carbocycles. The van der Waals surface area contributed by atoms with Gasteiger partial charge in [0, 0.05) is 25.3 Å². The largest absolute Gasteiger partial charge is 0.468 e. The maximum absolute atomic E-state index is 13.0. The number of hydrogen-bond donors (Lipinski definition) is 2. The third kappa shape index (κ3) is 5.15. The number of sulfonamides is 1. The number of hydrogen-bond acceptors (Lipinski definition) is 7. The molecule has 29 heavy (non-hydrogen) atoms. The summed E-state index contributed by atoms with van der Waals surface area (Å²) in [6, 6.07) is 7.84. The molecule has 1 aromatic heterocycles. The molecule has 0 bridgehead atoms. The number of rotatable bonds is 7. The van der Waals surface area contributed by atoms with Crippen molar-refractivity contribution in [2.24, 2.45) is 5.14 Å². The van der Waals surface area contributed by atoms with Gasteiger partial charge in [-0.25, -0.2) is 13.6 Å². The lowest BCUT2D eigenvalue weighted by atomic mass is 10.1. The first-order valence-corrected chi connectivity index (χ1v) is 10.8. The fourth-order valence-electron chi connectivity index (χ4n) is 3.26. The Balaban J connectivity index is 1.86. The highest BCUT2D eigenvalue weighted by Crippen LogP contribution is 2.25. The topological polar surface area (TPSA) is 118 Å². The summed E-state index contributed by atoms with van der Waals surface area (Å²) >= 11 is 0. The Morgan fingerprint density at radius 1 is 1.28 bits per heavy atom. The minimum absolute atomic E-state index is 0.102. The van der Waals surface area contributed by atoms with Gasteiger partial charge < -0.3 is 19.4 Å². The maximum Gasteiger partial charge on any atom is 0.253 e. The molecule has 0 saturated carbocycles. The van der Waals surface area contributed by atoms with E-state index in [-0.39, 0.29) is 22.4 Å². The van der Waals surface area contributed by atoms with Gasteiger partial charge in [-0.3, -0.25) is 9.69 Å². The highest BCUT2D eigenvalue weighted by atomic mass is 32.2. The molecule has 3 rings (SSSR count). The molecule has 0 spiro atoms. The van der Waals surface area contributed by atoms with E-state index in [1.807, 2.05) is 30.0 Å². The van der Waals surface area contributed by atoms with Gasteiger partial charge in [-0.05, 0) is 44.4 Å². The van der Waals surface area contributed by atoms with Gasteiger partial charge in [-0.1, -0.05) is 0 Å². The van der Waals surface area contributed by atoms with E-state index in [4.69, 9.17) is 14.3 Å². The van der Waals surface area contributed by atoms with Gasteiger partial charge in [0.1, 0.15) is 5.76 Å². The maximum atomic E-state index is 13.0. The van der Waals surface area contributed by atoms with E-state index >= 15 is 0 Å². The number of carbonyl (C=O) groups excluding carboxylic acids is 1. The smallest absolute Gasteiger partial charge is 0.253 e. The van der Waals surface area contributed by atoms with Crippen molar-refractivity contribution in [1.82, 2.24) is 10.2 Å². The second-order valence-corrected chi connectivity index (χ2v) is 8.59. The number of furan rings is 1. The van der Waals surface area contributed by atoms with Crippen LogP contribution in [0.3, 0.4) is 0 Å². The minimum atomic E-state index is -3.93. The van der Waals surface area contributed by atoms with E-state index < -0.39 is 10.0 Å². The Morgan fingerprint density at radius 2 is 2.00 bits per heavy atom. The molecule has 3 N–H and O–H groups in total. The lowest BCUT2D eigenvalue weighted by molar-refractivity contribution is 0.0937. The van der Waals surface area contributed by atoms with E-state index in [2.05, 4.69) is 5.32 Å². The second kappa shape index (κ2) is 8.95. The molecule has 0 radical (unpaired) electrons. The monoisotopic (exact) mass is 422 g/mol. The number of primary sulfonamides is 1. The first kappa shape index (κ1) is 21.3. The van der Waals surface area contributed by atoms with E-state index in [1.165, 1.54) is 12.1 Å². The fourth-order valence-corrected chi connectivity index (χ4v) is 3.80. The SMILES string of the molecule is CN(C)C(CNC(=O)c1cc(S(N)(=O)=O)ccc1N1CCOCC1)c1ccco1. The van der Waals surface area contributed by atoms with Crippen LogP contribution in [0, 0.1) is 0 Å². The predicted molar refractivity (Wildman–Crippen MR) is 108 cm³/mol. The van der Waals surface area contributed by atoms with Crippen LogP contribution in [0.2, 0.25) is 0 Å². The Bertz CT molecular complexity index is 938. The van der Waals surface area contributed by atoms with E-state index in [0.717, 1.165) is 5.76 Å². The Labute approximate surface area is 170 Å². The molecule has 0 aliphatic carbocycles. The van der Waals surface area contributed by atoms with Gasteiger partial charge in [0.2, 0.25) is 10.0 Å². The van der Waals surface area contributed by atoms with E-state index in [9.17, 15) is 13.2 Å². The third-order valence-corrected chi connectivity index (χ3v) is 5.75. The van der Waals surface area contributed by atoms with Gasteiger partial charge in [0.15, 0.2) is 0 Å². The number of ether oxygens (including phenoxy) is 1. The first-order valence-electron chi connectivity index (χ1n) is 9.25. The summed E-state index contributed by atoms with van der Waals surface area (Å²) in [6.07, 6.45) is 1.58. The highest BCUT2D eigenvalue weighted by molar-refractivity contribution is 7.89. The number of carbonyl (C=O) groups is 1. The lowest BCUT2D eigenvalue weighted by Crippen LogP contribution is -2.39. The number of nitrogens with zero attached hydrogens (tertiary/aromatic N) is 2. The average molecular weight is 423 g/mol. The van der Waals surface area contributed by atoms with Gasteiger partial charge in [-0.15, -0.1) is 0 Å². The number of nitrogens with one attached hydrogen (secondary N) is 1. The van der Waals surface area contributed by atoms with E-state index in [0.29, 0.717) is 38.5 Å². The number of nitrogens with two attached hydrogens (primary N) is 1. The Morgan fingerprint density at radius 3 is 2.59 bits per heavy atom. The standard InChI is InChI=1S/C19H26N4O5S/c1-22(2)17(18-4-3-9-28-18)13-21-19(24)15-12-14(29(20,25)26)5-6-16(15)23-7-10-27-11-8-23/h3-6,9,12,17H,7-8,10-11,13H2,1-2H3,(H,21,24)(H2,20,25,26). The summed E-state index contributed by atoms with van der Waals surface area (Å²) < 4.78 is 34.4. The third-order valence-electron chi connectivity index (χ3n) is 4.84. The van der Waals surface area contributed by atoms with E-state index in [1.54, 1.807) is 18.4 Å². The average Bonchev–Trinajstić information content (AvgIpc) is 3.21.